The van der Waals surface area contributed by atoms with Crippen LogP contribution in [0, 0.1) is 0 Å². The third kappa shape index (κ3) is 6.32. The molecule has 9 aromatic carbocycles. The Kier molecular flexibility index (Phi) is 8.70. The lowest BCUT2D eigenvalue weighted by Gasteiger charge is -2.18. The van der Waals surface area contributed by atoms with Gasteiger partial charge in [-0.2, -0.15) is 0 Å². The average molecular weight is 842 g/mol. The van der Waals surface area contributed by atoms with Crippen LogP contribution >= 0.6 is 0 Å². The van der Waals surface area contributed by atoms with Crippen molar-refractivity contribution >= 4 is 65.5 Å². The van der Waals surface area contributed by atoms with E-state index in [4.69, 9.17) is 34.9 Å². The number of fused-ring (bicyclic) bond motifs is 6. The molecule has 0 atom stereocenters. The number of hydrogen-bond donors (Lipinski definition) is 0. The standard InChI is InChI=1S/C59H35N7/c1-4-21-42-36(15-1)18-11-24-45(42)56-53(61-48-27-7-9-29-50(48)63-56)39-33-40(54-57(64-51-30-10-8-28-49(51)62-54)46-25-12-19-37-16-2-5-22-43(37)46)35-41(34-39)55-58(65-52-31-14-32-60-59(52)66-55)47-26-13-20-38-17-3-6-23-44(38)47/h1-35H. The van der Waals surface area contributed by atoms with Crippen LogP contribution in [0.15, 0.2) is 212 Å². The zero-order chi connectivity index (χ0) is 43.6. The van der Waals surface area contributed by atoms with Crippen LogP contribution in [-0.4, -0.2) is 34.9 Å². The Morgan fingerprint density at radius 2 is 0.561 bits per heavy atom. The molecule has 0 saturated heterocycles. The minimum Gasteiger partial charge on any atom is -0.244 e. The van der Waals surface area contributed by atoms with E-state index in [1.807, 2.05) is 60.7 Å². The molecule has 0 aliphatic rings. The summed E-state index contributed by atoms with van der Waals surface area (Å²) in [5, 5.41) is 6.61. The van der Waals surface area contributed by atoms with Crippen molar-refractivity contribution in [1.29, 1.82) is 0 Å². The van der Waals surface area contributed by atoms with Gasteiger partial charge in [0.1, 0.15) is 5.52 Å². The molecule has 7 heteroatoms. The summed E-state index contributed by atoms with van der Waals surface area (Å²) >= 11 is 0. The lowest BCUT2D eigenvalue weighted by Crippen LogP contribution is -2.01. The van der Waals surface area contributed by atoms with Crippen LogP contribution in [0.5, 0.6) is 0 Å². The van der Waals surface area contributed by atoms with Gasteiger partial charge in [0.25, 0.3) is 0 Å². The van der Waals surface area contributed by atoms with Gasteiger partial charge in [-0.3, -0.25) is 0 Å². The van der Waals surface area contributed by atoms with Gasteiger partial charge in [-0.25, -0.2) is 34.9 Å². The Morgan fingerprint density at radius 1 is 0.242 bits per heavy atom. The summed E-state index contributed by atoms with van der Waals surface area (Å²) in [6.07, 6.45) is 1.77. The maximum atomic E-state index is 5.49. The molecule has 0 radical (unpaired) electrons. The Bertz CT molecular complexity index is 3640. The Balaban J connectivity index is 1.17. The van der Waals surface area contributed by atoms with Crippen molar-refractivity contribution < 1.29 is 0 Å². The summed E-state index contributed by atoms with van der Waals surface area (Å²) < 4.78 is 0. The molecule has 0 fully saturated rings. The molecular weight excluding hydrogens is 807 g/mol. The number of hydrogen-bond acceptors (Lipinski definition) is 7. The van der Waals surface area contributed by atoms with Gasteiger partial charge in [0.05, 0.1) is 56.2 Å². The molecule has 7 nitrogen and oxygen atoms in total. The number of para-hydroxylation sites is 4. The highest BCUT2D eigenvalue weighted by Crippen LogP contribution is 2.43. The summed E-state index contributed by atoms with van der Waals surface area (Å²) in [7, 11) is 0. The maximum Gasteiger partial charge on any atom is 0.178 e. The largest absolute Gasteiger partial charge is 0.244 e. The summed E-state index contributed by atoms with van der Waals surface area (Å²) in [6, 6.07) is 70.9. The van der Waals surface area contributed by atoms with Crippen molar-refractivity contribution in [1.82, 2.24) is 34.9 Å². The topological polar surface area (TPSA) is 90.2 Å². The highest BCUT2D eigenvalue weighted by atomic mass is 14.9. The molecule has 13 rings (SSSR count). The van der Waals surface area contributed by atoms with Crippen LogP contribution < -0.4 is 0 Å². The third-order valence-electron chi connectivity index (χ3n) is 12.5. The van der Waals surface area contributed by atoms with E-state index in [1.54, 1.807) is 6.20 Å². The first-order valence-corrected chi connectivity index (χ1v) is 22.0. The molecule has 0 aliphatic heterocycles. The minimum absolute atomic E-state index is 0.548. The lowest BCUT2D eigenvalue weighted by molar-refractivity contribution is 1.23. The first-order valence-electron chi connectivity index (χ1n) is 22.0. The van der Waals surface area contributed by atoms with Gasteiger partial charge in [0.15, 0.2) is 5.65 Å². The van der Waals surface area contributed by atoms with Gasteiger partial charge < -0.3 is 0 Å². The number of pyridine rings is 1. The van der Waals surface area contributed by atoms with Crippen molar-refractivity contribution in [3.63, 3.8) is 0 Å². The molecule has 306 valence electrons. The number of aromatic nitrogens is 7. The van der Waals surface area contributed by atoms with Gasteiger partial charge in [-0.05, 0) is 86.9 Å². The molecular formula is C59H35N7. The number of benzene rings is 9. The predicted molar refractivity (Wildman–Crippen MR) is 269 cm³/mol. The smallest absolute Gasteiger partial charge is 0.178 e. The SMILES string of the molecule is c1ccc2c(-c3nc4ccccc4nc3-c3cc(-c4nc5ccccc5nc4-c4cccc5ccccc45)cc(-c4nc5ncccc5nc4-c4cccc5ccccc45)c3)cccc2c1. The van der Waals surface area contributed by atoms with Crippen molar-refractivity contribution in [3.8, 4) is 67.5 Å². The van der Waals surface area contributed by atoms with Crippen LogP contribution in [0.3, 0.4) is 0 Å². The zero-order valence-electron chi connectivity index (χ0n) is 35.3. The molecule has 0 N–H and O–H groups in total. The van der Waals surface area contributed by atoms with E-state index in [0.717, 1.165) is 116 Å². The highest BCUT2D eigenvalue weighted by molar-refractivity contribution is 6.04. The van der Waals surface area contributed by atoms with Gasteiger partial charge in [-0.15, -0.1) is 0 Å². The van der Waals surface area contributed by atoms with E-state index in [1.165, 1.54) is 0 Å². The highest BCUT2D eigenvalue weighted by Gasteiger charge is 2.24. The van der Waals surface area contributed by atoms with Crippen LogP contribution in [0.4, 0.5) is 0 Å². The fourth-order valence-corrected chi connectivity index (χ4v) is 9.39. The number of nitrogens with zero attached hydrogens (tertiary/aromatic N) is 7. The second kappa shape index (κ2) is 15.3. The predicted octanol–water partition coefficient (Wildman–Crippen LogP) is 14.4. The van der Waals surface area contributed by atoms with Gasteiger partial charge in [0.2, 0.25) is 0 Å². The maximum absolute atomic E-state index is 5.49. The molecule has 0 saturated carbocycles. The summed E-state index contributed by atoms with van der Waals surface area (Å²) in [5.41, 5.74) is 14.3. The Hall–Kier alpha value is -9.07. The van der Waals surface area contributed by atoms with Gasteiger partial charge in [-0.1, -0.05) is 152 Å². The normalized spacial score (nSPS) is 11.6. The van der Waals surface area contributed by atoms with Crippen molar-refractivity contribution in [2.45, 2.75) is 0 Å². The van der Waals surface area contributed by atoms with E-state index in [2.05, 4.69) is 146 Å². The van der Waals surface area contributed by atoms with Crippen LogP contribution in [0.2, 0.25) is 0 Å². The van der Waals surface area contributed by atoms with E-state index in [-0.39, 0.29) is 0 Å². The van der Waals surface area contributed by atoms with Crippen molar-refractivity contribution in [3.05, 3.63) is 212 Å². The van der Waals surface area contributed by atoms with Crippen LogP contribution in [0.1, 0.15) is 0 Å². The van der Waals surface area contributed by atoms with E-state index >= 15 is 0 Å². The molecule has 4 aromatic heterocycles. The second-order valence-corrected chi connectivity index (χ2v) is 16.5. The van der Waals surface area contributed by atoms with E-state index in [9.17, 15) is 0 Å². The first kappa shape index (κ1) is 37.5. The van der Waals surface area contributed by atoms with Gasteiger partial charge >= 0.3 is 0 Å². The summed E-state index contributed by atoms with van der Waals surface area (Å²) in [6.45, 7) is 0. The molecule has 66 heavy (non-hydrogen) atoms. The molecule has 4 heterocycles. The average Bonchev–Trinajstić information content (AvgIpc) is 3.39. The summed E-state index contributed by atoms with van der Waals surface area (Å²) in [5.74, 6) is 0. The van der Waals surface area contributed by atoms with Crippen LogP contribution in [-0.2, 0) is 0 Å². The minimum atomic E-state index is 0.548. The molecule has 0 amide bonds. The summed E-state index contributed by atoms with van der Waals surface area (Å²) in [4.78, 5) is 37.4. The third-order valence-corrected chi connectivity index (χ3v) is 12.5. The van der Waals surface area contributed by atoms with E-state index in [0.29, 0.717) is 16.9 Å². The quantitative estimate of drug-likeness (QED) is 0.165. The monoisotopic (exact) mass is 841 g/mol. The van der Waals surface area contributed by atoms with Crippen molar-refractivity contribution in [2.24, 2.45) is 0 Å². The van der Waals surface area contributed by atoms with Crippen molar-refractivity contribution in [2.75, 3.05) is 0 Å². The molecule has 0 spiro atoms. The van der Waals surface area contributed by atoms with Gasteiger partial charge in [0, 0.05) is 39.6 Å². The van der Waals surface area contributed by atoms with Crippen LogP contribution in [0.25, 0.3) is 133 Å². The molecule has 0 aliphatic carbocycles. The second-order valence-electron chi connectivity index (χ2n) is 16.5. The molecule has 0 unspecified atom stereocenters. The number of rotatable bonds is 6. The fraction of sp³-hybridized carbons (Fsp3) is 0. The zero-order valence-corrected chi connectivity index (χ0v) is 35.3. The van der Waals surface area contributed by atoms with E-state index < -0.39 is 0 Å². The Labute approximate surface area is 378 Å². The lowest BCUT2D eigenvalue weighted by atomic mass is 9.91. The Morgan fingerprint density at radius 3 is 0.985 bits per heavy atom. The first-order chi connectivity index (χ1) is 32.7. The fourth-order valence-electron chi connectivity index (χ4n) is 9.39. The molecule has 13 aromatic rings. The molecule has 0 bridgehead atoms.